The zero-order valence-corrected chi connectivity index (χ0v) is 36.4. The van der Waals surface area contributed by atoms with Crippen molar-refractivity contribution in [1.29, 1.82) is 0 Å². The Morgan fingerprint density at radius 3 is 1.08 bits per heavy atom. The maximum absolute atomic E-state index is 15.3. The van der Waals surface area contributed by atoms with E-state index < -0.39 is 57.8 Å². The molecule has 62 heavy (non-hydrogen) atoms. The van der Waals surface area contributed by atoms with Gasteiger partial charge in [0.2, 0.25) is 0 Å². The Morgan fingerprint density at radius 2 is 0.790 bits per heavy atom. The van der Waals surface area contributed by atoms with E-state index in [2.05, 4.69) is 0 Å². The van der Waals surface area contributed by atoms with Gasteiger partial charge in [0.05, 0.1) is 6.61 Å². The first-order valence-electron chi connectivity index (χ1n) is 19.4. The van der Waals surface area contributed by atoms with E-state index in [4.69, 9.17) is 12.0 Å². The average molecular weight is 929 g/mol. The van der Waals surface area contributed by atoms with Crippen molar-refractivity contribution >= 4 is 46.8 Å². The van der Waals surface area contributed by atoms with Crippen LogP contribution < -0.4 is 0 Å². The number of carbonyl (C=O) groups excluding carboxylic acids is 1. The molecular formula is C46H44F4O8S4. The van der Waals surface area contributed by atoms with Gasteiger partial charge in [-0.3, -0.25) is 0 Å². The number of benzene rings is 6. The molecule has 1 saturated carbocycles. The molecule has 0 radical (unpaired) electrons. The normalized spacial score (nSPS) is 14.6. The Hall–Kier alpha value is -4.97. The Bertz CT molecular complexity index is 2360. The maximum atomic E-state index is 15.3. The van der Waals surface area contributed by atoms with Crippen LogP contribution >= 0.6 is 20.6 Å². The number of carbonyl (C=O) groups is 1. The predicted molar refractivity (Wildman–Crippen MR) is 232 cm³/mol. The minimum absolute atomic E-state index is 0.0511. The molecule has 0 heterocycles. The van der Waals surface area contributed by atoms with Crippen LogP contribution in [0.25, 0.3) is 0 Å². The van der Waals surface area contributed by atoms with E-state index in [1.54, 1.807) is 182 Å². The first-order valence-corrected chi connectivity index (χ1v) is 25.4. The van der Waals surface area contributed by atoms with Crippen molar-refractivity contribution < 1.29 is 51.2 Å². The van der Waals surface area contributed by atoms with Crippen molar-refractivity contribution in [3.8, 4) is 0 Å². The first kappa shape index (κ1) is 46.5. The van der Waals surface area contributed by atoms with Gasteiger partial charge in [0.1, 0.15) is 0 Å². The van der Waals surface area contributed by atoms with Gasteiger partial charge in [0, 0.05) is 29.4 Å². The van der Waals surface area contributed by atoms with Gasteiger partial charge in [-0.25, -0.2) is 12.1 Å². The average Bonchev–Trinajstić information content (AvgIpc) is 3.31. The fourth-order valence-corrected chi connectivity index (χ4v) is 16.6. The summed E-state index contributed by atoms with van der Waals surface area (Å²) in [5, 5.41) is -4.89. The summed E-state index contributed by atoms with van der Waals surface area (Å²) >= 11 is 0. The molecule has 0 aliphatic heterocycles. The highest BCUT2D eigenvalue weighted by atomic mass is 32.3. The van der Waals surface area contributed by atoms with Crippen LogP contribution in [0.5, 0.6) is 0 Å². The lowest BCUT2D eigenvalue weighted by Gasteiger charge is -2.39. The Balaban J connectivity index is 0.000000218. The van der Waals surface area contributed by atoms with E-state index in [-0.39, 0.29) is 12.5 Å². The van der Waals surface area contributed by atoms with Crippen molar-refractivity contribution in [3.63, 3.8) is 0 Å². The number of ether oxygens (including phenoxy) is 1. The summed E-state index contributed by atoms with van der Waals surface area (Å²) in [4.78, 5) is 15.1. The highest BCUT2D eigenvalue weighted by molar-refractivity contribution is 8.33. The third-order valence-corrected chi connectivity index (χ3v) is 19.7. The standard InChI is InChI=1S/C27H28F2O5S2.C19H16F2O3S2/c28-27(29,26(30)33-21-22-13-5-1-6-14-22)36(31,32)34-35(23-15-7-2-8-16-23,24-17-9-3-10-18-24)25-19-11-4-12-20-25;20-19(21)26(22,23)24-25(16-10-4-1-5-11-16,17-12-6-2-7-13-17)18-14-8-3-9-15-18/h2-4,7-12,15-20,22H,1,5-6,13-14,21H2;1-15,19H. The van der Waals surface area contributed by atoms with E-state index in [1.807, 2.05) is 0 Å². The molecule has 0 N–H and O–H groups in total. The SMILES string of the molecule is O=C(OCC1CCCCC1)C(F)(F)S(=O)(=O)OS(c1ccccc1)(c1ccccc1)c1ccccc1.O=S(=O)(OS(c1ccccc1)(c1ccccc1)c1ccccc1)C(F)F. The predicted octanol–water partition coefficient (Wildman–Crippen LogP) is 12.4. The molecule has 0 amide bonds. The Morgan fingerprint density at radius 1 is 0.500 bits per heavy atom. The minimum Gasteiger partial charge on any atom is -0.460 e. The van der Waals surface area contributed by atoms with Crippen LogP contribution in [0.2, 0.25) is 0 Å². The Kier molecular flexibility index (Phi) is 15.4. The van der Waals surface area contributed by atoms with Crippen molar-refractivity contribution in [1.82, 2.24) is 0 Å². The van der Waals surface area contributed by atoms with Crippen LogP contribution in [0.3, 0.4) is 0 Å². The molecular weight excluding hydrogens is 885 g/mol. The van der Waals surface area contributed by atoms with E-state index in [0.717, 1.165) is 32.1 Å². The van der Waals surface area contributed by atoms with Crippen LogP contribution in [0.4, 0.5) is 17.6 Å². The molecule has 6 aromatic carbocycles. The summed E-state index contributed by atoms with van der Waals surface area (Å²) in [6.07, 6.45) is 4.41. The summed E-state index contributed by atoms with van der Waals surface area (Å²) in [5.41, 5.74) is 0. The number of hydrogen-bond donors (Lipinski definition) is 0. The first-order chi connectivity index (χ1) is 29.7. The second-order valence-electron chi connectivity index (χ2n) is 14.0. The smallest absolute Gasteiger partial charge is 0.460 e. The number of alkyl halides is 4. The van der Waals surface area contributed by atoms with Gasteiger partial charge in [0.25, 0.3) is 0 Å². The molecule has 8 nitrogen and oxygen atoms in total. The van der Waals surface area contributed by atoms with Crippen molar-refractivity contribution in [2.75, 3.05) is 6.61 Å². The highest BCUT2D eigenvalue weighted by Gasteiger charge is 2.59. The molecule has 328 valence electrons. The molecule has 16 heteroatoms. The van der Waals surface area contributed by atoms with Crippen LogP contribution in [0.1, 0.15) is 32.1 Å². The fraction of sp³-hybridized carbons (Fsp3) is 0.196. The molecule has 0 aromatic heterocycles. The number of hydrogen-bond acceptors (Lipinski definition) is 8. The maximum Gasteiger partial charge on any atom is 0.466 e. The van der Waals surface area contributed by atoms with Gasteiger partial charge in [-0.1, -0.05) is 128 Å². The lowest BCUT2D eigenvalue weighted by Crippen LogP contribution is -2.41. The molecule has 0 spiro atoms. The fourth-order valence-electron chi connectivity index (χ4n) is 6.81. The van der Waals surface area contributed by atoms with Crippen LogP contribution in [-0.2, 0) is 37.0 Å². The zero-order valence-electron chi connectivity index (χ0n) is 33.1. The summed E-state index contributed by atoms with van der Waals surface area (Å²) in [5.74, 6) is -5.80. The number of rotatable bonds is 15. The lowest BCUT2D eigenvalue weighted by atomic mass is 9.90. The summed E-state index contributed by atoms with van der Waals surface area (Å²) in [6, 6.07) is 50.8. The lowest BCUT2D eigenvalue weighted by molar-refractivity contribution is -0.163. The van der Waals surface area contributed by atoms with Crippen LogP contribution in [0, 0.1) is 5.92 Å². The monoisotopic (exact) mass is 928 g/mol. The largest absolute Gasteiger partial charge is 0.466 e. The van der Waals surface area contributed by atoms with Gasteiger partial charge in [-0.05, 0) is 112 Å². The van der Waals surface area contributed by atoms with Gasteiger partial charge in [-0.15, -0.1) is 0 Å². The molecule has 6 aromatic rings. The van der Waals surface area contributed by atoms with E-state index in [1.165, 1.54) is 0 Å². The summed E-state index contributed by atoms with van der Waals surface area (Å²) in [6.45, 7) is -0.238. The molecule has 0 atom stereocenters. The summed E-state index contributed by atoms with van der Waals surface area (Å²) < 4.78 is 123. The zero-order chi connectivity index (χ0) is 44.3. The van der Waals surface area contributed by atoms with Crippen molar-refractivity contribution in [3.05, 3.63) is 182 Å². The Labute approximate surface area is 363 Å². The van der Waals surface area contributed by atoms with Crippen LogP contribution in [-0.4, -0.2) is 40.4 Å². The third-order valence-electron chi connectivity index (χ3n) is 9.78. The quantitative estimate of drug-likeness (QED) is 0.0739. The molecule has 1 aliphatic carbocycles. The van der Waals surface area contributed by atoms with Crippen molar-refractivity contribution in [2.24, 2.45) is 5.92 Å². The topological polar surface area (TPSA) is 113 Å². The second-order valence-corrected chi connectivity index (χ2v) is 22.9. The summed E-state index contributed by atoms with van der Waals surface area (Å²) in [7, 11) is -17.0. The molecule has 7 rings (SSSR count). The number of halogens is 4. The van der Waals surface area contributed by atoms with Gasteiger partial charge >= 0.3 is 37.2 Å². The molecule has 1 aliphatic rings. The van der Waals surface area contributed by atoms with E-state index >= 15 is 8.78 Å². The number of esters is 1. The van der Waals surface area contributed by atoms with Crippen LogP contribution in [0.15, 0.2) is 211 Å². The van der Waals surface area contributed by atoms with Gasteiger partial charge < -0.3 is 4.74 Å². The molecule has 1 fully saturated rings. The minimum atomic E-state index is -5.78. The van der Waals surface area contributed by atoms with Gasteiger partial charge in [-0.2, -0.15) is 34.4 Å². The molecule has 0 unspecified atom stereocenters. The highest BCUT2D eigenvalue weighted by Crippen LogP contribution is 2.71. The second kappa shape index (κ2) is 20.5. The van der Waals surface area contributed by atoms with Gasteiger partial charge in [0.15, 0.2) is 0 Å². The van der Waals surface area contributed by atoms with E-state index in [0.29, 0.717) is 29.4 Å². The molecule has 0 saturated heterocycles. The van der Waals surface area contributed by atoms with Crippen molar-refractivity contribution in [2.45, 2.75) is 72.5 Å². The molecule has 0 bridgehead atoms. The van der Waals surface area contributed by atoms with E-state index in [9.17, 15) is 30.4 Å². The third kappa shape index (κ3) is 10.3.